The summed E-state index contributed by atoms with van der Waals surface area (Å²) in [6.07, 6.45) is 8.50. The molecule has 2 atom stereocenters. The van der Waals surface area contributed by atoms with E-state index in [2.05, 4.69) is 69.5 Å². The van der Waals surface area contributed by atoms with Crippen LogP contribution in [-0.4, -0.2) is 53.9 Å². The molecule has 0 aliphatic carbocycles. The lowest BCUT2D eigenvalue weighted by molar-refractivity contribution is -0.133. The summed E-state index contributed by atoms with van der Waals surface area (Å²) >= 11 is 0. The molecule has 0 saturated heterocycles. The van der Waals surface area contributed by atoms with Crippen LogP contribution < -0.4 is 5.56 Å². The predicted molar refractivity (Wildman–Crippen MR) is 161 cm³/mol. The van der Waals surface area contributed by atoms with Gasteiger partial charge in [0.1, 0.15) is 0 Å². The Labute approximate surface area is 240 Å². The zero-order chi connectivity index (χ0) is 28.9. The van der Waals surface area contributed by atoms with Crippen LogP contribution in [0.3, 0.4) is 0 Å². The van der Waals surface area contributed by atoms with Crippen LogP contribution in [0.4, 0.5) is 0 Å². The molecule has 41 heavy (non-hydrogen) atoms. The summed E-state index contributed by atoms with van der Waals surface area (Å²) in [7, 11) is 0. The van der Waals surface area contributed by atoms with E-state index in [1.54, 1.807) is 9.58 Å². The molecular formula is C32H39N7O2. The van der Waals surface area contributed by atoms with Crippen LogP contribution in [0, 0.1) is 0 Å². The number of benzene rings is 2. The molecule has 0 fully saturated rings. The Hall–Kier alpha value is -4.27. The van der Waals surface area contributed by atoms with E-state index >= 15 is 0 Å². The number of H-pyrrole nitrogens is 1. The van der Waals surface area contributed by atoms with Crippen molar-refractivity contribution in [3.63, 3.8) is 0 Å². The van der Waals surface area contributed by atoms with Crippen molar-refractivity contribution in [1.82, 2.24) is 34.9 Å². The van der Waals surface area contributed by atoms with Gasteiger partial charge in [-0.15, -0.1) is 10.2 Å². The first-order valence-electron chi connectivity index (χ1n) is 14.7. The SMILES string of the molecule is CCCCCc1c(Cc2ccc(-c3ccccc3-c3nn[nH]n3)cc2)c(=O)n2n1C(C)C=CC2C(=O)N(CC)CC. The zero-order valence-corrected chi connectivity index (χ0v) is 24.4. The first-order valence-corrected chi connectivity index (χ1v) is 14.7. The number of carbonyl (C=O) groups is 1. The minimum atomic E-state index is -0.624. The number of carbonyl (C=O) groups excluding carboxylic acids is 1. The molecule has 0 saturated carbocycles. The Morgan fingerprint density at radius 1 is 0.951 bits per heavy atom. The van der Waals surface area contributed by atoms with Crippen molar-refractivity contribution in [3.8, 4) is 22.5 Å². The maximum atomic E-state index is 14.1. The molecule has 5 rings (SSSR count). The molecule has 0 spiro atoms. The standard InChI is InChI=1S/C32H39N7O2/c1-5-8-9-14-28-27(31(40)39-29(20-15-22(4)38(28)39)32(41)37(6-2)7-3)21-23-16-18-24(19-17-23)25-12-10-11-13-26(25)30-33-35-36-34-30/h10-13,15-20,22,29H,5-9,14,21H2,1-4H3,(H,33,34,35,36). The van der Waals surface area contributed by atoms with Crippen molar-refractivity contribution in [3.05, 3.63) is 87.9 Å². The van der Waals surface area contributed by atoms with E-state index in [0.29, 0.717) is 25.3 Å². The Balaban J connectivity index is 1.52. The second-order valence-electron chi connectivity index (χ2n) is 10.6. The molecule has 9 heteroatoms. The van der Waals surface area contributed by atoms with Gasteiger partial charge in [-0.2, -0.15) is 5.21 Å². The number of likely N-dealkylation sites (N-methyl/N-ethyl adjacent to an activating group) is 1. The highest BCUT2D eigenvalue weighted by atomic mass is 16.2. The van der Waals surface area contributed by atoms with E-state index in [4.69, 9.17) is 0 Å². The molecule has 0 radical (unpaired) electrons. The highest BCUT2D eigenvalue weighted by Crippen LogP contribution is 2.31. The first-order chi connectivity index (χ1) is 20.0. The maximum Gasteiger partial charge on any atom is 0.271 e. The van der Waals surface area contributed by atoms with Gasteiger partial charge in [-0.05, 0) is 55.5 Å². The third-order valence-electron chi connectivity index (χ3n) is 8.05. The van der Waals surface area contributed by atoms with Gasteiger partial charge >= 0.3 is 0 Å². The number of unbranched alkanes of at least 4 members (excludes halogenated alkanes) is 2. The second-order valence-corrected chi connectivity index (χ2v) is 10.6. The molecular weight excluding hydrogens is 514 g/mol. The van der Waals surface area contributed by atoms with Gasteiger partial charge < -0.3 is 4.90 Å². The van der Waals surface area contributed by atoms with E-state index in [0.717, 1.165) is 59.2 Å². The quantitative estimate of drug-likeness (QED) is 0.199. The van der Waals surface area contributed by atoms with Crippen LogP contribution in [0.5, 0.6) is 0 Å². The number of aromatic nitrogens is 6. The van der Waals surface area contributed by atoms with Crippen molar-refractivity contribution in [2.24, 2.45) is 0 Å². The number of fused-ring (bicyclic) bond motifs is 1. The summed E-state index contributed by atoms with van der Waals surface area (Å²) in [6, 6.07) is 15.7. The Morgan fingerprint density at radius 3 is 2.34 bits per heavy atom. The van der Waals surface area contributed by atoms with E-state index in [-0.39, 0.29) is 17.5 Å². The normalized spacial score (nSPS) is 16.1. The number of amides is 1. The minimum absolute atomic E-state index is 0.00199. The molecule has 1 aliphatic heterocycles. The highest BCUT2D eigenvalue weighted by Gasteiger charge is 2.33. The molecule has 1 amide bonds. The number of nitrogens with one attached hydrogen (secondary N) is 1. The summed E-state index contributed by atoms with van der Waals surface area (Å²) in [5.41, 5.74) is 5.76. The third-order valence-corrected chi connectivity index (χ3v) is 8.05. The number of aromatic amines is 1. The fraction of sp³-hybridized carbons (Fsp3) is 0.406. The van der Waals surface area contributed by atoms with E-state index in [1.165, 1.54) is 0 Å². The molecule has 2 aromatic heterocycles. The molecule has 2 unspecified atom stereocenters. The first kappa shape index (κ1) is 28.3. The minimum Gasteiger partial charge on any atom is -0.341 e. The Bertz CT molecular complexity index is 1560. The van der Waals surface area contributed by atoms with Gasteiger partial charge in [0, 0.05) is 36.3 Å². The van der Waals surface area contributed by atoms with Gasteiger partial charge in [0.05, 0.1) is 6.04 Å². The van der Waals surface area contributed by atoms with Crippen molar-refractivity contribution in [2.45, 2.75) is 71.9 Å². The third kappa shape index (κ3) is 5.53. The molecule has 3 heterocycles. The van der Waals surface area contributed by atoms with Crippen LogP contribution >= 0.6 is 0 Å². The van der Waals surface area contributed by atoms with E-state index < -0.39 is 6.04 Å². The summed E-state index contributed by atoms with van der Waals surface area (Å²) in [5, 5.41) is 14.5. The van der Waals surface area contributed by atoms with Crippen molar-refractivity contribution in [2.75, 3.05) is 13.1 Å². The topological polar surface area (TPSA) is 102 Å². The van der Waals surface area contributed by atoms with Crippen molar-refractivity contribution >= 4 is 5.91 Å². The van der Waals surface area contributed by atoms with Crippen LogP contribution in [0.1, 0.15) is 75.9 Å². The molecule has 214 valence electrons. The summed E-state index contributed by atoms with van der Waals surface area (Å²) in [5.74, 6) is 0.514. The molecule has 0 bridgehead atoms. The van der Waals surface area contributed by atoms with Crippen LogP contribution in [0.25, 0.3) is 22.5 Å². The number of hydrogen-bond acceptors (Lipinski definition) is 5. The lowest BCUT2D eigenvalue weighted by Crippen LogP contribution is -2.43. The van der Waals surface area contributed by atoms with Gasteiger partial charge in [-0.25, -0.2) is 4.68 Å². The summed E-state index contributed by atoms with van der Waals surface area (Å²) in [4.78, 5) is 29.4. The van der Waals surface area contributed by atoms with Crippen LogP contribution in [0.15, 0.2) is 65.5 Å². The molecule has 1 aliphatic rings. The van der Waals surface area contributed by atoms with E-state index in [1.807, 2.05) is 44.2 Å². The number of allylic oxidation sites excluding steroid dienone is 1. The summed E-state index contributed by atoms with van der Waals surface area (Å²) < 4.78 is 3.81. The smallest absolute Gasteiger partial charge is 0.271 e. The van der Waals surface area contributed by atoms with Crippen LogP contribution in [-0.2, 0) is 17.6 Å². The Morgan fingerprint density at radius 2 is 1.68 bits per heavy atom. The largest absolute Gasteiger partial charge is 0.341 e. The fourth-order valence-corrected chi connectivity index (χ4v) is 5.87. The van der Waals surface area contributed by atoms with Gasteiger partial charge in [0.25, 0.3) is 11.5 Å². The number of nitrogens with zero attached hydrogens (tertiary/aromatic N) is 6. The average molecular weight is 554 g/mol. The number of rotatable bonds is 11. The zero-order valence-electron chi connectivity index (χ0n) is 24.4. The maximum absolute atomic E-state index is 14.1. The number of tetrazole rings is 1. The van der Waals surface area contributed by atoms with Gasteiger partial charge in [-0.3, -0.25) is 14.3 Å². The molecule has 1 N–H and O–H groups in total. The average Bonchev–Trinajstić information content (AvgIpc) is 3.63. The molecule has 9 nitrogen and oxygen atoms in total. The molecule has 2 aromatic carbocycles. The second kappa shape index (κ2) is 12.5. The van der Waals surface area contributed by atoms with Gasteiger partial charge in [0.15, 0.2) is 6.04 Å². The van der Waals surface area contributed by atoms with Crippen LogP contribution in [0.2, 0.25) is 0 Å². The predicted octanol–water partition coefficient (Wildman–Crippen LogP) is 5.36. The van der Waals surface area contributed by atoms with Gasteiger partial charge in [-0.1, -0.05) is 80.4 Å². The Kier molecular flexibility index (Phi) is 8.61. The lowest BCUT2D eigenvalue weighted by atomic mass is 9.96. The summed E-state index contributed by atoms with van der Waals surface area (Å²) in [6.45, 7) is 9.46. The number of hydrogen-bond donors (Lipinski definition) is 1. The lowest BCUT2D eigenvalue weighted by Gasteiger charge is -2.30. The fourth-order valence-electron chi connectivity index (χ4n) is 5.87. The molecule has 4 aromatic rings. The highest BCUT2D eigenvalue weighted by molar-refractivity contribution is 5.82. The van der Waals surface area contributed by atoms with Crippen molar-refractivity contribution in [1.29, 1.82) is 0 Å². The van der Waals surface area contributed by atoms with E-state index in [9.17, 15) is 9.59 Å². The monoisotopic (exact) mass is 553 g/mol. The van der Waals surface area contributed by atoms with Gasteiger partial charge in [0.2, 0.25) is 5.82 Å². The van der Waals surface area contributed by atoms with Crippen molar-refractivity contribution < 1.29 is 4.79 Å².